The molecule has 0 unspecified atom stereocenters. The van der Waals surface area contributed by atoms with Gasteiger partial charge in [-0.05, 0) is 24.7 Å². The first-order valence-electron chi connectivity index (χ1n) is 5.95. The van der Waals surface area contributed by atoms with Gasteiger partial charge in [0.15, 0.2) is 0 Å². The predicted octanol–water partition coefficient (Wildman–Crippen LogP) is 1.81. The lowest BCUT2D eigenvalue weighted by Crippen LogP contribution is -2.39. The number of rotatable bonds is 6. The van der Waals surface area contributed by atoms with Gasteiger partial charge in [-0.2, -0.15) is 13.2 Å². The molecule has 1 N–H and O–H groups in total. The summed E-state index contributed by atoms with van der Waals surface area (Å²) in [6.07, 6.45) is -4.39. The molecule has 1 aromatic rings. The van der Waals surface area contributed by atoms with Crippen LogP contribution < -0.4 is 10.1 Å². The molecule has 0 radical (unpaired) electrons. The second kappa shape index (κ2) is 7.14. The number of methoxy groups -OCH3 is 1. The van der Waals surface area contributed by atoms with Crippen molar-refractivity contribution >= 4 is 5.91 Å². The smallest absolute Gasteiger partial charge is 0.405 e. The summed E-state index contributed by atoms with van der Waals surface area (Å²) in [6.45, 7) is -0.969. The number of amides is 1. The van der Waals surface area contributed by atoms with Gasteiger partial charge in [0, 0.05) is 6.54 Å². The molecule has 0 heterocycles. The Balaban J connectivity index is 2.42. The first kappa shape index (κ1) is 16.3. The highest BCUT2D eigenvalue weighted by molar-refractivity contribution is 5.78. The molecule has 1 aromatic carbocycles. The van der Waals surface area contributed by atoms with Gasteiger partial charge < -0.3 is 10.1 Å². The zero-order valence-electron chi connectivity index (χ0n) is 11.3. The highest BCUT2D eigenvalue weighted by Crippen LogP contribution is 2.14. The largest absolute Gasteiger partial charge is 0.497 e. The van der Waals surface area contributed by atoms with Gasteiger partial charge in [0.2, 0.25) is 5.91 Å². The molecule has 0 aliphatic carbocycles. The van der Waals surface area contributed by atoms with E-state index in [0.29, 0.717) is 12.3 Å². The molecule has 0 fully saturated rings. The average molecular weight is 290 g/mol. The van der Waals surface area contributed by atoms with Crippen LogP contribution in [0.2, 0.25) is 0 Å². The third-order valence-electron chi connectivity index (χ3n) is 2.49. The Labute approximate surface area is 115 Å². The van der Waals surface area contributed by atoms with E-state index >= 15 is 0 Å². The maximum absolute atomic E-state index is 11.9. The number of nitrogens with zero attached hydrogens (tertiary/aromatic N) is 1. The van der Waals surface area contributed by atoms with E-state index in [1.54, 1.807) is 25.1 Å². The van der Waals surface area contributed by atoms with Crippen molar-refractivity contribution in [3.63, 3.8) is 0 Å². The minimum Gasteiger partial charge on any atom is -0.497 e. The van der Waals surface area contributed by atoms with Crippen LogP contribution in [0.15, 0.2) is 24.3 Å². The number of likely N-dealkylation sites (N-methyl/N-ethyl adjacent to an activating group) is 1. The van der Waals surface area contributed by atoms with Gasteiger partial charge in [-0.15, -0.1) is 0 Å². The van der Waals surface area contributed by atoms with Crippen LogP contribution in [-0.2, 0) is 11.3 Å². The minimum atomic E-state index is -4.39. The monoisotopic (exact) mass is 290 g/mol. The van der Waals surface area contributed by atoms with Crippen molar-refractivity contribution in [3.05, 3.63) is 29.8 Å². The minimum absolute atomic E-state index is 0.104. The van der Waals surface area contributed by atoms with E-state index in [1.807, 2.05) is 23.5 Å². The molecular formula is C13H17F3N2O2. The quantitative estimate of drug-likeness (QED) is 0.868. The predicted molar refractivity (Wildman–Crippen MR) is 68.4 cm³/mol. The average Bonchev–Trinajstić information content (AvgIpc) is 2.35. The van der Waals surface area contributed by atoms with Crippen molar-refractivity contribution in [1.82, 2.24) is 10.2 Å². The normalized spacial score (nSPS) is 11.5. The summed E-state index contributed by atoms with van der Waals surface area (Å²) in [6, 6.07) is 7.27. The molecule has 20 heavy (non-hydrogen) atoms. The van der Waals surface area contributed by atoms with Crippen LogP contribution in [0, 0.1) is 0 Å². The molecule has 0 aromatic heterocycles. The molecule has 4 nitrogen and oxygen atoms in total. The second-order valence-corrected chi connectivity index (χ2v) is 4.42. The molecule has 0 bridgehead atoms. The van der Waals surface area contributed by atoms with Gasteiger partial charge in [0.1, 0.15) is 12.3 Å². The molecule has 0 saturated heterocycles. The first-order chi connectivity index (χ1) is 9.30. The summed E-state index contributed by atoms with van der Waals surface area (Å²) in [5.74, 6) is 0.0325. The van der Waals surface area contributed by atoms with E-state index in [4.69, 9.17) is 4.74 Å². The Morgan fingerprint density at radius 3 is 2.70 bits per heavy atom. The Kier molecular flexibility index (Phi) is 5.82. The third kappa shape index (κ3) is 6.42. The van der Waals surface area contributed by atoms with E-state index < -0.39 is 18.6 Å². The molecule has 0 saturated carbocycles. The second-order valence-electron chi connectivity index (χ2n) is 4.42. The van der Waals surface area contributed by atoms with Crippen LogP contribution in [0.4, 0.5) is 13.2 Å². The number of hydrogen-bond acceptors (Lipinski definition) is 3. The lowest BCUT2D eigenvalue weighted by atomic mass is 10.2. The third-order valence-corrected chi connectivity index (χ3v) is 2.49. The molecule has 1 rings (SSSR count). The van der Waals surface area contributed by atoms with E-state index in [9.17, 15) is 18.0 Å². The van der Waals surface area contributed by atoms with Crippen LogP contribution in [0.25, 0.3) is 0 Å². The van der Waals surface area contributed by atoms with Crippen molar-refractivity contribution in [1.29, 1.82) is 0 Å². The summed E-state index contributed by atoms with van der Waals surface area (Å²) in [7, 11) is 3.21. The highest BCUT2D eigenvalue weighted by Gasteiger charge is 2.27. The van der Waals surface area contributed by atoms with E-state index in [0.717, 1.165) is 5.56 Å². The number of halogens is 3. The van der Waals surface area contributed by atoms with Crippen LogP contribution in [-0.4, -0.2) is 44.2 Å². The highest BCUT2D eigenvalue weighted by atomic mass is 19.4. The number of carbonyl (C=O) groups excluding carboxylic acids is 1. The van der Waals surface area contributed by atoms with Gasteiger partial charge in [0.25, 0.3) is 0 Å². The number of ether oxygens (including phenoxy) is 1. The number of nitrogens with one attached hydrogen (secondary N) is 1. The fourth-order valence-electron chi connectivity index (χ4n) is 1.64. The standard InChI is InChI=1S/C13H17F3N2O2/c1-18(8-12(19)17-9-13(14,15)16)7-10-4-3-5-11(6-10)20-2/h3-6H,7-9H2,1-2H3,(H,17,19). The number of alkyl halides is 3. The fraction of sp³-hybridized carbons (Fsp3) is 0.462. The zero-order valence-corrected chi connectivity index (χ0v) is 11.3. The van der Waals surface area contributed by atoms with Crippen molar-refractivity contribution in [2.75, 3.05) is 27.2 Å². The van der Waals surface area contributed by atoms with Crippen LogP contribution >= 0.6 is 0 Å². The van der Waals surface area contributed by atoms with Crippen molar-refractivity contribution in [3.8, 4) is 5.75 Å². The SMILES string of the molecule is COc1cccc(CN(C)CC(=O)NCC(F)(F)F)c1. The maximum atomic E-state index is 11.9. The molecular weight excluding hydrogens is 273 g/mol. The summed E-state index contributed by atoms with van der Waals surface area (Å²) in [4.78, 5) is 13.0. The van der Waals surface area contributed by atoms with E-state index in [-0.39, 0.29) is 6.54 Å². The number of benzene rings is 1. The fourth-order valence-corrected chi connectivity index (χ4v) is 1.64. The number of hydrogen-bond donors (Lipinski definition) is 1. The topological polar surface area (TPSA) is 41.6 Å². The van der Waals surface area contributed by atoms with Crippen LogP contribution in [0.5, 0.6) is 5.75 Å². The summed E-state index contributed by atoms with van der Waals surface area (Å²) in [5.41, 5.74) is 0.912. The van der Waals surface area contributed by atoms with Crippen LogP contribution in [0.3, 0.4) is 0 Å². The molecule has 0 aliphatic rings. The molecule has 0 aliphatic heterocycles. The van der Waals surface area contributed by atoms with Gasteiger partial charge in [-0.1, -0.05) is 12.1 Å². The maximum Gasteiger partial charge on any atom is 0.405 e. The van der Waals surface area contributed by atoms with Crippen LogP contribution in [0.1, 0.15) is 5.56 Å². The Morgan fingerprint density at radius 2 is 2.10 bits per heavy atom. The van der Waals surface area contributed by atoms with Crippen molar-refractivity contribution in [2.45, 2.75) is 12.7 Å². The Bertz CT molecular complexity index is 449. The summed E-state index contributed by atoms with van der Waals surface area (Å²) < 4.78 is 40.9. The Hall–Kier alpha value is -1.76. The van der Waals surface area contributed by atoms with Gasteiger partial charge in [0.05, 0.1) is 13.7 Å². The van der Waals surface area contributed by atoms with Crippen molar-refractivity contribution in [2.24, 2.45) is 0 Å². The summed E-state index contributed by atoms with van der Waals surface area (Å²) in [5, 5.41) is 1.83. The zero-order chi connectivity index (χ0) is 15.2. The van der Waals surface area contributed by atoms with E-state index in [2.05, 4.69) is 0 Å². The first-order valence-corrected chi connectivity index (χ1v) is 5.95. The van der Waals surface area contributed by atoms with Crippen molar-refractivity contribution < 1.29 is 22.7 Å². The summed E-state index contributed by atoms with van der Waals surface area (Å²) >= 11 is 0. The molecule has 0 spiro atoms. The molecule has 1 amide bonds. The Morgan fingerprint density at radius 1 is 1.40 bits per heavy atom. The number of carbonyl (C=O) groups is 1. The lowest BCUT2D eigenvalue weighted by molar-refractivity contribution is -0.138. The molecule has 112 valence electrons. The van der Waals surface area contributed by atoms with Gasteiger partial charge in [-0.3, -0.25) is 9.69 Å². The lowest BCUT2D eigenvalue weighted by Gasteiger charge is -2.17. The van der Waals surface area contributed by atoms with Gasteiger partial charge in [-0.25, -0.2) is 0 Å². The van der Waals surface area contributed by atoms with E-state index in [1.165, 1.54) is 0 Å². The molecule has 0 atom stereocenters. The van der Waals surface area contributed by atoms with Gasteiger partial charge >= 0.3 is 6.18 Å². The molecule has 7 heteroatoms.